The van der Waals surface area contributed by atoms with Crippen molar-refractivity contribution in [3.63, 3.8) is 0 Å². The molecule has 3 N–H and O–H groups in total. The maximum Gasteiger partial charge on any atom is 0.222 e. The van der Waals surface area contributed by atoms with Gasteiger partial charge >= 0.3 is 0 Å². The maximum absolute atomic E-state index is 11.4. The number of hydrogen-bond donors (Lipinski definition) is 2. The van der Waals surface area contributed by atoms with E-state index in [1.54, 1.807) is 0 Å². The lowest BCUT2D eigenvalue weighted by molar-refractivity contribution is -0.125. The van der Waals surface area contributed by atoms with Gasteiger partial charge in [0.25, 0.3) is 0 Å². The summed E-state index contributed by atoms with van der Waals surface area (Å²) in [6.45, 7) is 3.76. The van der Waals surface area contributed by atoms with Gasteiger partial charge in [-0.15, -0.1) is 0 Å². The summed E-state index contributed by atoms with van der Waals surface area (Å²) in [5, 5.41) is 2.99. The smallest absolute Gasteiger partial charge is 0.222 e. The number of primary amides is 1. The molecule has 0 aromatic rings. The molecular formula is C11H20N2O2. The molecule has 0 atom stereocenters. The minimum absolute atomic E-state index is 0.0113. The fourth-order valence-corrected chi connectivity index (χ4v) is 1.89. The molecule has 0 radical (unpaired) electrons. The summed E-state index contributed by atoms with van der Waals surface area (Å²) in [6.07, 6.45) is 3.34. The van der Waals surface area contributed by atoms with Crippen molar-refractivity contribution in [3.8, 4) is 0 Å². The van der Waals surface area contributed by atoms with E-state index in [0.29, 0.717) is 0 Å². The Balaban J connectivity index is 2.32. The van der Waals surface area contributed by atoms with E-state index in [0.717, 1.165) is 25.7 Å². The lowest BCUT2D eigenvalue weighted by Crippen LogP contribution is -2.41. The summed E-state index contributed by atoms with van der Waals surface area (Å²) >= 11 is 0. The highest BCUT2D eigenvalue weighted by Gasteiger charge is 2.25. The van der Waals surface area contributed by atoms with Crippen molar-refractivity contribution in [2.24, 2.45) is 17.6 Å². The Labute approximate surface area is 90.6 Å². The van der Waals surface area contributed by atoms with E-state index >= 15 is 0 Å². The summed E-state index contributed by atoms with van der Waals surface area (Å²) in [5.41, 5.74) is 5.24. The van der Waals surface area contributed by atoms with Gasteiger partial charge in [0, 0.05) is 17.9 Å². The average molecular weight is 212 g/mol. The van der Waals surface area contributed by atoms with Crippen LogP contribution < -0.4 is 11.1 Å². The Morgan fingerprint density at radius 3 is 2.13 bits per heavy atom. The summed E-state index contributed by atoms with van der Waals surface area (Å²) in [4.78, 5) is 22.4. The van der Waals surface area contributed by atoms with Crippen LogP contribution >= 0.6 is 0 Å². The molecule has 0 aromatic carbocycles. The second-order valence-corrected chi connectivity index (χ2v) is 4.61. The minimum Gasteiger partial charge on any atom is -0.369 e. The second kappa shape index (κ2) is 5.14. The Kier molecular flexibility index (Phi) is 4.12. The number of carbonyl (C=O) groups is 2. The highest BCUT2D eigenvalue weighted by atomic mass is 16.2. The quantitative estimate of drug-likeness (QED) is 0.726. The van der Waals surface area contributed by atoms with Crippen molar-refractivity contribution < 1.29 is 9.59 Å². The molecule has 1 fully saturated rings. The number of rotatable bonds is 3. The molecule has 0 heterocycles. The third-order valence-corrected chi connectivity index (χ3v) is 3.00. The molecule has 0 saturated heterocycles. The number of carbonyl (C=O) groups excluding carboxylic acids is 2. The van der Waals surface area contributed by atoms with Crippen LogP contribution in [0, 0.1) is 11.8 Å². The molecule has 4 nitrogen and oxygen atoms in total. The molecule has 86 valence electrons. The molecule has 1 rings (SSSR count). The summed E-state index contributed by atoms with van der Waals surface area (Å²) in [7, 11) is 0. The molecule has 0 aromatic heterocycles. The Hall–Kier alpha value is -1.06. The minimum atomic E-state index is -0.205. The molecule has 1 saturated carbocycles. The lowest BCUT2D eigenvalue weighted by atomic mass is 9.85. The van der Waals surface area contributed by atoms with E-state index < -0.39 is 0 Å². The number of nitrogens with two attached hydrogens (primary N) is 1. The predicted octanol–water partition coefficient (Wildman–Crippen LogP) is 0.803. The van der Waals surface area contributed by atoms with Gasteiger partial charge in [0.15, 0.2) is 0 Å². The maximum atomic E-state index is 11.4. The molecule has 0 aliphatic heterocycles. The molecule has 0 bridgehead atoms. The van der Waals surface area contributed by atoms with Gasteiger partial charge in [-0.2, -0.15) is 0 Å². The highest BCUT2D eigenvalue weighted by molar-refractivity contribution is 5.78. The number of hydrogen-bond acceptors (Lipinski definition) is 2. The van der Waals surface area contributed by atoms with Crippen molar-refractivity contribution in [3.05, 3.63) is 0 Å². The normalized spacial score (nSPS) is 26.3. The van der Waals surface area contributed by atoms with Crippen molar-refractivity contribution in [2.45, 2.75) is 45.6 Å². The van der Waals surface area contributed by atoms with E-state index in [1.807, 2.05) is 13.8 Å². The summed E-state index contributed by atoms with van der Waals surface area (Å²) in [6, 6.07) is 0.232. The van der Waals surface area contributed by atoms with Crippen molar-refractivity contribution >= 4 is 11.8 Å². The molecule has 1 aliphatic carbocycles. The Morgan fingerprint density at radius 2 is 1.73 bits per heavy atom. The summed E-state index contributed by atoms with van der Waals surface area (Å²) < 4.78 is 0. The molecule has 0 unspecified atom stereocenters. The van der Waals surface area contributed by atoms with Crippen LogP contribution in [0.15, 0.2) is 0 Å². The predicted molar refractivity (Wildman–Crippen MR) is 57.9 cm³/mol. The first-order valence-corrected chi connectivity index (χ1v) is 5.60. The van der Waals surface area contributed by atoms with Gasteiger partial charge in [-0.3, -0.25) is 9.59 Å². The molecule has 4 heteroatoms. The zero-order valence-corrected chi connectivity index (χ0v) is 9.45. The van der Waals surface area contributed by atoms with Gasteiger partial charge < -0.3 is 11.1 Å². The van der Waals surface area contributed by atoms with Gasteiger partial charge in [-0.1, -0.05) is 13.8 Å². The third kappa shape index (κ3) is 3.53. The van der Waals surface area contributed by atoms with Gasteiger partial charge in [-0.25, -0.2) is 0 Å². The first-order chi connectivity index (χ1) is 7.00. The molecule has 1 aliphatic rings. The fraction of sp³-hybridized carbons (Fsp3) is 0.818. The van der Waals surface area contributed by atoms with Crippen LogP contribution in [-0.2, 0) is 9.59 Å². The fourth-order valence-electron chi connectivity index (χ4n) is 1.89. The third-order valence-electron chi connectivity index (χ3n) is 3.00. The topological polar surface area (TPSA) is 72.2 Å². The SMILES string of the molecule is CC(C)C(=O)NC1CCC(C(N)=O)CC1. The Morgan fingerprint density at radius 1 is 1.20 bits per heavy atom. The van der Waals surface area contributed by atoms with E-state index in [2.05, 4.69) is 5.32 Å². The van der Waals surface area contributed by atoms with Gasteiger partial charge in [0.1, 0.15) is 0 Å². The van der Waals surface area contributed by atoms with Crippen molar-refractivity contribution in [1.82, 2.24) is 5.32 Å². The van der Waals surface area contributed by atoms with Crippen LogP contribution in [0.4, 0.5) is 0 Å². The molecule has 15 heavy (non-hydrogen) atoms. The van der Waals surface area contributed by atoms with Crippen LogP contribution in [0.25, 0.3) is 0 Å². The zero-order chi connectivity index (χ0) is 11.4. The summed E-state index contributed by atoms with van der Waals surface area (Å²) in [5.74, 6) is -0.0720. The molecule has 2 amide bonds. The van der Waals surface area contributed by atoms with Crippen LogP contribution in [-0.4, -0.2) is 17.9 Å². The number of nitrogens with one attached hydrogen (secondary N) is 1. The zero-order valence-electron chi connectivity index (χ0n) is 9.45. The monoisotopic (exact) mass is 212 g/mol. The van der Waals surface area contributed by atoms with Crippen LogP contribution in [0.3, 0.4) is 0 Å². The van der Waals surface area contributed by atoms with E-state index in [1.165, 1.54) is 0 Å². The van der Waals surface area contributed by atoms with E-state index in [-0.39, 0.29) is 29.7 Å². The van der Waals surface area contributed by atoms with Crippen molar-refractivity contribution in [2.75, 3.05) is 0 Å². The van der Waals surface area contributed by atoms with Crippen LogP contribution in [0.1, 0.15) is 39.5 Å². The lowest BCUT2D eigenvalue weighted by Gasteiger charge is -2.27. The van der Waals surface area contributed by atoms with Gasteiger partial charge in [0.2, 0.25) is 11.8 Å². The largest absolute Gasteiger partial charge is 0.369 e. The van der Waals surface area contributed by atoms with E-state index in [9.17, 15) is 9.59 Å². The molecule has 0 spiro atoms. The number of amides is 2. The van der Waals surface area contributed by atoms with Gasteiger partial charge in [-0.05, 0) is 25.7 Å². The highest BCUT2D eigenvalue weighted by Crippen LogP contribution is 2.23. The standard InChI is InChI=1S/C11H20N2O2/c1-7(2)11(15)13-9-5-3-8(4-6-9)10(12)14/h7-9H,3-6H2,1-2H3,(H2,12,14)(H,13,15). The first-order valence-electron chi connectivity index (χ1n) is 5.60. The van der Waals surface area contributed by atoms with Crippen LogP contribution in [0.2, 0.25) is 0 Å². The second-order valence-electron chi connectivity index (χ2n) is 4.61. The van der Waals surface area contributed by atoms with E-state index in [4.69, 9.17) is 5.73 Å². The Bertz CT molecular complexity index is 243. The molecular weight excluding hydrogens is 192 g/mol. The van der Waals surface area contributed by atoms with Crippen molar-refractivity contribution in [1.29, 1.82) is 0 Å². The van der Waals surface area contributed by atoms with Crippen LogP contribution in [0.5, 0.6) is 0 Å². The average Bonchev–Trinajstić information content (AvgIpc) is 2.18. The van der Waals surface area contributed by atoms with Gasteiger partial charge in [0.05, 0.1) is 0 Å². The first kappa shape index (κ1) is 12.0.